The zero-order chi connectivity index (χ0) is 23.8. The van der Waals surface area contributed by atoms with Crippen molar-refractivity contribution >= 4 is 27.4 Å². The third-order valence-electron chi connectivity index (χ3n) is 6.53. The highest BCUT2D eigenvalue weighted by atomic mass is 79.9. The van der Waals surface area contributed by atoms with Crippen LogP contribution in [0.2, 0.25) is 0 Å². The molecular formula is C26H33BrN4O2. The first-order valence-electron chi connectivity index (χ1n) is 11.7. The van der Waals surface area contributed by atoms with Crippen LogP contribution < -0.4 is 5.32 Å². The van der Waals surface area contributed by atoms with Gasteiger partial charge in [0.25, 0.3) is 0 Å². The van der Waals surface area contributed by atoms with Gasteiger partial charge in [-0.1, -0.05) is 41.1 Å². The molecule has 6 nitrogen and oxygen atoms in total. The standard InChI is InChI=1S/C26H33BrN4O2/c1-16-13-21(32)24-22(16)23(28-15-29-24)18-9-11-31(12-10-18)25(33)20(14-30-26(2,3)4)17-5-7-19(27)8-6-17/h5-9,15-16,20-21,30,32H,10-14H2,1-4H3/t16-,20-,21-/m1/s1. The molecule has 4 rings (SSSR count). The molecule has 2 aromatic rings. The van der Waals surface area contributed by atoms with Gasteiger partial charge in [-0.25, -0.2) is 9.97 Å². The minimum atomic E-state index is -0.513. The van der Waals surface area contributed by atoms with Crippen LogP contribution in [-0.2, 0) is 4.79 Å². The van der Waals surface area contributed by atoms with E-state index in [9.17, 15) is 9.90 Å². The Bertz CT molecular complexity index is 1050. The highest BCUT2D eigenvalue weighted by Crippen LogP contribution is 2.42. The van der Waals surface area contributed by atoms with Crippen molar-refractivity contribution in [1.82, 2.24) is 20.2 Å². The quantitative estimate of drug-likeness (QED) is 0.613. The van der Waals surface area contributed by atoms with Crippen molar-refractivity contribution < 1.29 is 9.90 Å². The largest absolute Gasteiger partial charge is 0.387 e. The summed E-state index contributed by atoms with van der Waals surface area (Å²) in [5, 5.41) is 13.8. The average molecular weight is 513 g/mol. The third-order valence-corrected chi connectivity index (χ3v) is 7.06. The smallest absolute Gasteiger partial charge is 0.231 e. The number of fused-ring (bicyclic) bond motifs is 1. The number of halogens is 1. The highest BCUT2D eigenvalue weighted by Gasteiger charge is 2.33. The maximum atomic E-state index is 13.6. The number of aromatic nitrogens is 2. The first-order valence-corrected chi connectivity index (χ1v) is 12.4. The summed E-state index contributed by atoms with van der Waals surface area (Å²) >= 11 is 3.49. The lowest BCUT2D eigenvalue weighted by molar-refractivity contribution is -0.132. The van der Waals surface area contributed by atoms with E-state index in [1.165, 1.54) is 0 Å². The molecule has 3 atom stereocenters. The molecule has 1 amide bonds. The van der Waals surface area contributed by atoms with E-state index in [1.807, 2.05) is 29.2 Å². The second-order valence-electron chi connectivity index (χ2n) is 10.2. The molecule has 33 heavy (non-hydrogen) atoms. The molecule has 0 saturated carbocycles. The number of hydrogen-bond donors (Lipinski definition) is 2. The molecule has 0 saturated heterocycles. The van der Waals surface area contributed by atoms with Crippen LogP contribution in [0.1, 0.15) is 81.0 Å². The minimum Gasteiger partial charge on any atom is -0.387 e. The van der Waals surface area contributed by atoms with E-state index in [0.29, 0.717) is 26.1 Å². The Kier molecular flexibility index (Phi) is 7.03. The van der Waals surface area contributed by atoms with Crippen molar-refractivity contribution in [2.45, 2.75) is 64.0 Å². The Hall–Kier alpha value is -2.09. The molecule has 7 heteroatoms. The predicted octanol–water partition coefficient (Wildman–Crippen LogP) is 4.57. The number of rotatable bonds is 5. The maximum absolute atomic E-state index is 13.6. The van der Waals surface area contributed by atoms with E-state index < -0.39 is 6.10 Å². The molecule has 1 aliphatic heterocycles. The molecule has 2 aliphatic rings. The van der Waals surface area contributed by atoms with Crippen molar-refractivity contribution in [2.75, 3.05) is 19.6 Å². The Labute approximate surface area is 204 Å². The monoisotopic (exact) mass is 512 g/mol. The van der Waals surface area contributed by atoms with E-state index in [0.717, 1.165) is 39.0 Å². The first kappa shape index (κ1) is 24.0. The fraction of sp³-hybridized carbons (Fsp3) is 0.500. The number of amides is 1. The van der Waals surface area contributed by atoms with Crippen LogP contribution in [0.4, 0.5) is 0 Å². The zero-order valence-corrected chi connectivity index (χ0v) is 21.4. The minimum absolute atomic E-state index is 0.0719. The van der Waals surface area contributed by atoms with Gasteiger partial charge in [-0.05, 0) is 62.8 Å². The molecular weight excluding hydrogens is 480 g/mol. The van der Waals surface area contributed by atoms with Crippen molar-refractivity contribution in [1.29, 1.82) is 0 Å². The highest BCUT2D eigenvalue weighted by molar-refractivity contribution is 9.10. The van der Waals surface area contributed by atoms with E-state index in [4.69, 9.17) is 0 Å². The zero-order valence-electron chi connectivity index (χ0n) is 19.8. The van der Waals surface area contributed by atoms with Gasteiger partial charge in [0.1, 0.15) is 6.33 Å². The molecule has 1 aromatic carbocycles. The molecule has 2 N–H and O–H groups in total. The van der Waals surface area contributed by atoms with E-state index in [-0.39, 0.29) is 23.3 Å². The lowest BCUT2D eigenvalue weighted by atomic mass is 9.93. The Morgan fingerprint density at radius 2 is 2.00 bits per heavy atom. The summed E-state index contributed by atoms with van der Waals surface area (Å²) in [5.41, 5.74) is 4.86. The van der Waals surface area contributed by atoms with Gasteiger partial charge in [0.2, 0.25) is 5.91 Å². The summed E-state index contributed by atoms with van der Waals surface area (Å²) in [4.78, 5) is 24.5. The topological polar surface area (TPSA) is 78.4 Å². The number of carbonyl (C=O) groups is 1. The third kappa shape index (κ3) is 5.36. The average Bonchev–Trinajstić information content (AvgIpc) is 3.08. The molecule has 0 radical (unpaired) electrons. The Morgan fingerprint density at radius 3 is 2.64 bits per heavy atom. The molecule has 0 bridgehead atoms. The van der Waals surface area contributed by atoms with Crippen LogP contribution in [0.3, 0.4) is 0 Å². The van der Waals surface area contributed by atoms with Crippen molar-refractivity contribution in [2.24, 2.45) is 0 Å². The fourth-order valence-electron chi connectivity index (χ4n) is 4.74. The number of hydrogen-bond acceptors (Lipinski definition) is 5. The van der Waals surface area contributed by atoms with Gasteiger partial charge in [0.05, 0.1) is 23.4 Å². The molecule has 1 aliphatic carbocycles. The molecule has 176 valence electrons. The van der Waals surface area contributed by atoms with Gasteiger partial charge in [-0.3, -0.25) is 4.79 Å². The molecule has 0 spiro atoms. The lowest BCUT2D eigenvalue weighted by Gasteiger charge is -2.32. The molecule has 0 unspecified atom stereocenters. The van der Waals surface area contributed by atoms with Gasteiger partial charge in [-0.2, -0.15) is 0 Å². The van der Waals surface area contributed by atoms with Gasteiger partial charge < -0.3 is 15.3 Å². The lowest BCUT2D eigenvalue weighted by Crippen LogP contribution is -2.45. The van der Waals surface area contributed by atoms with E-state index in [2.05, 4.69) is 65.0 Å². The van der Waals surface area contributed by atoms with Gasteiger partial charge in [0.15, 0.2) is 0 Å². The normalized spacial score (nSPS) is 21.5. The number of carbonyl (C=O) groups excluding carboxylic acids is 1. The summed E-state index contributed by atoms with van der Waals surface area (Å²) in [6.45, 7) is 10.3. The van der Waals surface area contributed by atoms with Crippen LogP contribution in [-0.4, -0.2) is 51.1 Å². The predicted molar refractivity (Wildman–Crippen MR) is 134 cm³/mol. The van der Waals surface area contributed by atoms with Crippen LogP contribution in [0.25, 0.3) is 5.57 Å². The molecule has 1 aromatic heterocycles. The van der Waals surface area contributed by atoms with Gasteiger partial charge in [-0.15, -0.1) is 0 Å². The Balaban J connectivity index is 1.54. The number of aliphatic hydroxyl groups excluding tert-OH is 1. The van der Waals surface area contributed by atoms with Crippen LogP contribution in [0.15, 0.2) is 41.1 Å². The number of benzene rings is 1. The molecule has 2 heterocycles. The second kappa shape index (κ2) is 9.65. The van der Waals surface area contributed by atoms with Crippen molar-refractivity contribution in [3.05, 3.63) is 63.7 Å². The summed E-state index contributed by atoms with van der Waals surface area (Å²) in [6.07, 6.45) is 4.60. The van der Waals surface area contributed by atoms with Crippen molar-refractivity contribution in [3.63, 3.8) is 0 Å². The number of aliphatic hydroxyl groups is 1. The van der Waals surface area contributed by atoms with Crippen LogP contribution in [0.5, 0.6) is 0 Å². The van der Waals surface area contributed by atoms with Gasteiger partial charge >= 0.3 is 0 Å². The van der Waals surface area contributed by atoms with Crippen LogP contribution >= 0.6 is 15.9 Å². The summed E-state index contributed by atoms with van der Waals surface area (Å²) in [7, 11) is 0. The maximum Gasteiger partial charge on any atom is 0.231 e. The first-order chi connectivity index (χ1) is 15.6. The second-order valence-corrected chi connectivity index (χ2v) is 11.1. The number of nitrogens with zero attached hydrogens (tertiary/aromatic N) is 3. The summed E-state index contributed by atoms with van der Waals surface area (Å²) in [5.74, 6) is 0.129. The molecule has 0 fully saturated rings. The van der Waals surface area contributed by atoms with Crippen molar-refractivity contribution in [3.8, 4) is 0 Å². The Morgan fingerprint density at radius 1 is 1.27 bits per heavy atom. The fourth-order valence-corrected chi connectivity index (χ4v) is 5.00. The van der Waals surface area contributed by atoms with E-state index in [1.54, 1.807) is 6.33 Å². The number of nitrogens with one attached hydrogen (secondary N) is 1. The van der Waals surface area contributed by atoms with E-state index >= 15 is 0 Å². The van der Waals surface area contributed by atoms with Crippen LogP contribution in [0, 0.1) is 0 Å². The SMILES string of the molecule is C[C@@H]1C[C@@H](O)c2ncnc(C3=CCN(C(=O)[C@H](CNC(C)(C)C)c4ccc(Br)cc4)CC3)c21. The summed E-state index contributed by atoms with van der Waals surface area (Å²) < 4.78 is 1.00. The van der Waals surface area contributed by atoms with Gasteiger partial charge in [0, 0.05) is 35.2 Å². The summed E-state index contributed by atoms with van der Waals surface area (Å²) in [6, 6.07) is 8.04.